The first-order chi connectivity index (χ1) is 12.5. The first-order valence-corrected chi connectivity index (χ1v) is 9.47. The molecule has 0 saturated carbocycles. The molecule has 0 unspecified atom stereocenters. The van der Waals surface area contributed by atoms with Gasteiger partial charge < -0.3 is 14.8 Å². The number of nitrogens with zero attached hydrogens (tertiary/aromatic N) is 5. The second kappa shape index (κ2) is 11.9. The first kappa shape index (κ1) is 23.4. The quantitative estimate of drug-likeness (QED) is 0.269. The molecular formula is C20H33IN6. The molecule has 1 aromatic carbocycles. The molecule has 0 aliphatic rings. The topological polar surface area (TPSA) is 58.3 Å². The summed E-state index contributed by atoms with van der Waals surface area (Å²) in [6.45, 7) is 8.58. The summed E-state index contributed by atoms with van der Waals surface area (Å²) in [5.41, 5.74) is 2.65. The van der Waals surface area contributed by atoms with E-state index in [1.165, 1.54) is 11.1 Å². The lowest BCUT2D eigenvalue weighted by Crippen LogP contribution is -2.39. The molecule has 0 aliphatic carbocycles. The lowest BCUT2D eigenvalue weighted by Gasteiger charge is -2.23. The molecule has 0 bridgehead atoms. The van der Waals surface area contributed by atoms with Gasteiger partial charge in [0.15, 0.2) is 11.8 Å². The van der Waals surface area contributed by atoms with Gasteiger partial charge in [0.05, 0.1) is 0 Å². The van der Waals surface area contributed by atoms with Crippen molar-refractivity contribution < 1.29 is 0 Å². The minimum absolute atomic E-state index is 0. The molecule has 7 heteroatoms. The third-order valence-corrected chi connectivity index (χ3v) is 4.58. The Kier molecular flexibility index (Phi) is 10.4. The van der Waals surface area contributed by atoms with E-state index in [1.807, 2.05) is 18.5 Å². The van der Waals surface area contributed by atoms with E-state index in [9.17, 15) is 0 Å². The highest BCUT2D eigenvalue weighted by Crippen LogP contribution is 2.08. The van der Waals surface area contributed by atoms with Crippen molar-refractivity contribution in [1.29, 1.82) is 0 Å². The summed E-state index contributed by atoms with van der Waals surface area (Å²) < 4.78 is 1.98. The number of unbranched alkanes of at least 4 members (excludes halogenated alkanes) is 1. The van der Waals surface area contributed by atoms with Crippen LogP contribution in [0.1, 0.15) is 49.5 Å². The molecule has 0 saturated heterocycles. The number of hydrogen-bond donors (Lipinski definition) is 1. The molecule has 0 aliphatic heterocycles. The molecule has 0 radical (unpaired) electrons. The van der Waals surface area contributed by atoms with Gasteiger partial charge in [0, 0.05) is 27.2 Å². The predicted octanol–water partition coefficient (Wildman–Crippen LogP) is 3.68. The maximum Gasteiger partial charge on any atom is 0.194 e. The van der Waals surface area contributed by atoms with E-state index in [2.05, 4.69) is 65.6 Å². The fourth-order valence-corrected chi connectivity index (χ4v) is 2.65. The van der Waals surface area contributed by atoms with E-state index >= 15 is 0 Å². The molecular weight excluding hydrogens is 451 g/mol. The lowest BCUT2D eigenvalue weighted by atomic mass is 10.1. The van der Waals surface area contributed by atoms with Crippen molar-refractivity contribution in [3.05, 3.63) is 47.0 Å². The van der Waals surface area contributed by atoms with E-state index in [-0.39, 0.29) is 24.0 Å². The van der Waals surface area contributed by atoms with E-state index in [0.717, 1.165) is 50.0 Å². The van der Waals surface area contributed by atoms with Crippen molar-refractivity contribution in [2.75, 3.05) is 13.6 Å². The standard InChI is InChI=1S/C20H32N6.HI/c1-6-8-13-21-20(22-14-19-24-23-16(3)26(19)5)25(4)15-18-11-9-17(7-2)10-12-18;/h9-12H,6-8,13-15H2,1-5H3,(H,21,22);1H. The predicted molar refractivity (Wildman–Crippen MR) is 122 cm³/mol. The number of aliphatic imine (C=N–C) groups is 1. The molecule has 150 valence electrons. The number of halogens is 1. The van der Waals surface area contributed by atoms with E-state index in [1.54, 1.807) is 0 Å². The van der Waals surface area contributed by atoms with Crippen LogP contribution < -0.4 is 5.32 Å². The smallest absolute Gasteiger partial charge is 0.194 e. The number of rotatable bonds is 8. The van der Waals surface area contributed by atoms with Crippen LogP contribution >= 0.6 is 24.0 Å². The lowest BCUT2D eigenvalue weighted by molar-refractivity contribution is 0.472. The van der Waals surface area contributed by atoms with Crippen LogP contribution in [0.5, 0.6) is 0 Å². The van der Waals surface area contributed by atoms with Crippen LogP contribution in [0, 0.1) is 6.92 Å². The van der Waals surface area contributed by atoms with Crippen LogP contribution in [0.3, 0.4) is 0 Å². The summed E-state index contributed by atoms with van der Waals surface area (Å²) in [6, 6.07) is 8.80. The average Bonchev–Trinajstić information content (AvgIpc) is 2.97. The molecule has 2 aromatic rings. The fourth-order valence-electron chi connectivity index (χ4n) is 2.65. The molecule has 27 heavy (non-hydrogen) atoms. The van der Waals surface area contributed by atoms with Crippen molar-refractivity contribution in [1.82, 2.24) is 25.0 Å². The molecule has 0 atom stereocenters. The van der Waals surface area contributed by atoms with Gasteiger partial charge in [0.1, 0.15) is 12.4 Å². The summed E-state index contributed by atoms with van der Waals surface area (Å²) in [4.78, 5) is 6.94. The number of aromatic nitrogens is 3. The van der Waals surface area contributed by atoms with Gasteiger partial charge in [-0.1, -0.05) is 44.5 Å². The fraction of sp³-hybridized carbons (Fsp3) is 0.550. The van der Waals surface area contributed by atoms with Crippen LogP contribution in [-0.4, -0.2) is 39.2 Å². The molecule has 1 N–H and O–H groups in total. The number of nitrogens with one attached hydrogen (secondary N) is 1. The summed E-state index contributed by atoms with van der Waals surface area (Å²) >= 11 is 0. The maximum atomic E-state index is 4.78. The van der Waals surface area contributed by atoms with Gasteiger partial charge in [-0.3, -0.25) is 0 Å². The minimum atomic E-state index is 0. The van der Waals surface area contributed by atoms with Crippen LogP contribution in [0.15, 0.2) is 29.3 Å². The van der Waals surface area contributed by atoms with Crippen molar-refractivity contribution in [2.45, 2.75) is 53.1 Å². The Bertz CT molecular complexity index is 708. The third-order valence-electron chi connectivity index (χ3n) is 4.58. The van der Waals surface area contributed by atoms with Crippen molar-refractivity contribution in [3.8, 4) is 0 Å². The van der Waals surface area contributed by atoms with E-state index in [4.69, 9.17) is 4.99 Å². The Morgan fingerprint density at radius 1 is 1.15 bits per heavy atom. The zero-order valence-corrected chi connectivity index (χ0v) is 19.5. The number of guanidine groups is 1. The summed E-state index contributed by atoms with van der Waals surface area (Å²) in [5, 5.41) is 11.8. The molecule has 2 rings (SSSR count). The highest BCUT2D eigenvalue weighted by molar-refractivity contribution is 14.0. The second-order valence-corrected chi connectivity index (χ2v) is 6.67. The Morgan fingerprint density at radius 3 is 2.37 bits per heavy atom. The summed E-state index contributed by atoms with van der Waals surface area (Å²) in [6.07, 6.45) is 3.35. The van der Waals surface area contributed by atoms with Gasteiger partial charge in [-0.2, -0.15) is 0 Å². The Balaban J connectivity index is 0.00000364. The van der Waals surface area contributed by atoms with Crippen LogP contribution in [0.4, 0.5) is 0 Å². The van der Waals surface area contributed by atoms with Crippen LogP contribution in [-0.2, 0) is 26.6 Å². The SMILES string of the molecule is CCCCNC(=NCc1nnc(C)n1C)N(C)Cc1ccc(CC)cc1.I. The van der Waals surface area contributed by atoms with Gasteiger partial charge in [-0.25, -0.2) is 4.99 Å². The molecule has 0 fully saturated rings. The van der Waals surface area contributed by atoms with Crippen LogP contribution in [0.2, 0.25) is 0 Å². The third kappa shape index (κ3) is 7.12. The Labute approximate surface area is 180 Å². The Hall–Kier alpha value is -1.64. The Morgan fingerprint density at radius 2 is 1.81 bits per heavy atom. The monoisotopic (exact) mass is 484 g/mol. The normalized spacial score (nSPS) is 11.2. The van der Waals surface area contributed by atoms with Gasteiger partial charge in [0.2, 0.25) is 0 Å². The van der Waals surface area contributed by atoms with Crippen LogP contribution in [0.25, 0.3) is 0 Å². The highest BCUT2D eigenvalue weighted by atomic mass is 127. The van der Waals surface area contributed by atoms with Crippen molar-refractivity contribution >= 4 is 29.9 Å². The molecule has 0 amide bonds. The zero-order valence-electron chi connectivity index (χ0n) is 17.2. The zero-order chi connectivity index (χ0) is 18.9. The molecule has 6 nitrogen and oxygen atoms in total. The molecule has 1 heterocycles. The minimum Gasteiger partial charge on any atom is -0.356 e. The number of aryl methyl sites for hydroxylation is 2. The summed E-state index contributed by atoms with van der Waals surface area (Å²) in [7, 11) is 4.05. The van der Waals surface area contributed by atoms with E-state index in [0.29, 0.717) is 6.54 Å². The van der Waals surface area contributed by atoms with Gasteiger partial charge >= 0.3 is 0 Å². The van der Waals surface area contributed by atoms with Crippen molar-refractivity contribution in [3.63, 3.8) is 0 Å². The van der Waals surface area contributed by atoms with E-state index < -0.39 is 0 Å². The molecule has 0 spiro atoms. The molecule has 1 aromatic heterocycles. The summed E-state index contributed by atoms with van der Waals surface area (Å²) in [5.74, 6) is 2.68. The number of benzene rings is 1. The first-order valence-electron chi connectivity index (χ1n) is 9.47. The van der Waals surface area contributed by atoms with Crippen molar-refractivity contribution in [2.24, 2.45) is 12.0 Å². The van der Waals surface area contributed by atoms with Gasteiger partial charge in [-0.05, 0) is 30.9 Å². The highest BCUT2D eigenvalue weighted by Gasteiger charge is 2.09. The largest absolute Gasteiger partial charge is 0.356 e. The second-order valence-electron chi connectivity index (χ2n) is 6.67. The van der Waals surface area contributed by atoms with Gasteiger partial charge in [0.25, 0.3) is 0 Å². The van der Waals surface area contributed by atoms with Gasteiger partial charge in [-0.15, -0.1) is 34.2 Å². The number of hydrogen-bond acceptors (Lipinski definition) is 3. The average molecular weight is 484 g/mol. The maximum absolute atomic E-state index is 4.78.